The summed E-state index contributed by atoms with van der Waals surface area (Å²) in [6.07, 6.45) is -0.705. The van der Waals surface area contributed by atoms with Gasteiger partial charge in [0.15, 0.2) is 0 Å². The van der Waals surface area contributed by atoms with Crippen molar-refractivity contribution in [2.45, 2.75) is 70.3 Å². The van der Waals surface area contributed by atoms with Gasteiger partial charge in [-0.25, -0.2) is 4.79 Å². The third-order valence-corrected chi connectivity index (χ3v) is 13.6. The van der Waals surface area contributed by atoms with Crippen molar-refractivity contribution in [2.75, 3.05) is 19.8 Å². The van der Waals surface area contributed by atoms with E-state index in [-0.39, 0.29) is 24.9 Å². The third kappa shape index (κ3) is 7.33. The van der Waals surface area contributed by atoms with Crippen LogP contribution in [0.4, 0.5) is 0 Å². The van der Waals surface area contributed by atoms with Crippen LogP contribution in [0.25, 0.3) is 0 Å². The number of aryl methyl sites for hydroxylation is 1. The van der Waals surface area contributed by atoms with E-state index in [4.69, 9.17) is 18.6 Å². The molecule has 0 aliphatic carbocycles. The van der Waals surface area contributed by atoms with E-state index in [0.29, 0.717) is 18.6 Å². The second kappa shape index (κ2) is 14.8. The number of aliphatic hydroxyl groups is 1. The summed E-state index contributed by atoms with van der Waals surface area (Å²) >= 11 is 0. The molecule has 0 bridgehead atoms. The van der Waals surface area contributed by atoms with Crippen LogP contribution in [0.3, 0.4) is 0 Å². The lowest BCUT2D eigenvalue weighted by Gasteiger charge is -2.46. The number of ether oxygens (including phenoxy) is 3. The fourth-order valence-electron chi connectivity index (χ4n) is 6.31. The van der Waals surface area contributed by atoms with Crippen LogP contribution in [0.5, 0.6) is 0 Å². The second-order valence-corrected chi connectivity index (χ2v) is 17.0. The van der Waals surface area contributed by atoms with Crippen molar-refractivity contribution in [3.63, 3.8) is 0 Å². The van der Waals surface area contributed by atoms with Crippen molar-refractivity contribution in [3.05, 3.63) is 129 Å². The first-order valence-corrected chi connectivity index (χ1v) is 17.7. The first-order chi connectivity index (χ1) is 22.1. The van der Waals surface area contributed by atoms with E-state index in [0.717, 1.165) is 15.9 Å². The number of rotatable bonds is 13. The van der Waals surface area contributed by atoms with Gasteiger partial charge in [0.2, 0.25) is 0 Å². The number of H-pyrrole nitrogens is 1. The molecule has 9 nitrogen and oxygen atoms in total. The van der Waals surface area contributed by atoms with Crippen LogP contribution < -0.4 is 21.6 Å². The molecule has 0 amide bonds. The van der Waals surface area contributed by atoms with E-state index in [1.807, 2.05) is 66.7 Å². The summed E-state index contributed by atoms with van der Waals surface area (Å²) in [6.45, 7) is 8.76. The van der Waals surface area contributed by atoms with Crippen molar-refractivity contribution in [1.29, 1.82) is 0 Å². The van der Waals surface area contributed by atoms with E-state index in [1.54, 1.807) is 6.92 Å². The fourth-order valence-corrected chi connectivity index (χ4v) is 11.0. The average Bonchev–Trinajstić information content (AvgIpc) is 3.48. The van der Waals surface area contributed by atoms with Crippen molar-refractivity contribution in [1.82, 2.24) is 9.55 Å². The summed E-state index contributed by atoms with van der Waals surface area (Å²) in [6, 6.07) is 30.6. The van der Waals surface area contributed by atoms with E-state index >= 15 is 0 Å². The maximum absolute atomic E-state index is 12.9. The molecule has 1 aliphatic rings. The van der Waals surface area contributed by atoms with Gasteiger partial charge in [-0.15, -0.1) is 0 Å². The second-order valence-electron chi connectivity index (χ2n) is 12.7. The van der Waals surface area contributed by atoms with Crippen LogP contribution >= 0.6 is 0 Å². The maximum atomic E-state index is 12.9. The van der Waals surface area contributed by atoms with Crippen LogP contribution in [0.2, 0.25) is 5.04 Å². The van der Waals surface area contributed by atoms with Gasteiger partial charge >= 0.3 is 5.69 Å². The summed E-state index contributed by atoms with van der Waals surface area (Å²) < 4.78 is 28.2. The number of aromatic nitrogens is 2. The maximum Gasteiger partial charge on any atom is 0.330 e. The standard InChI is InChI=1S/C36H44N2O7Si/c1-26-23-38(35(41)37-34(26)40)32-22-30(43-21-20-39)33(44-32)31(25-42-24-27-14-8-5-9-15-27)45-46(36(2,3)4,28-16-10-6-11-17-28)29-18-12-7-13-19-29/h5-19,23,30-33,39H,20-22,24-25H2,1-4H3,(H,37,40,41)/t30-,31?,32+,33-/m0/s1. The highest BCUT2D eigenvalue weighted by Crippen LogP contribution is 2.40. The van der Waals surface area contributed by atoms with Gasteiger partial charge in [-0.1, -0.05) is 112 Å². The smallest absolute Gasteiger partial charge is 0.330 e. The van der Waals surface area contributed by atoms with Gasteiger partial charge in [0.1, 0.15) is 12.3 Å². The Balaban J connectivity index is 1.59. The third-order valence-electron chi connectivity index (χ3n) is 8.50. The summed E-state index contributed by atoms with van der Waals surface area (Å²) in [7, 11) is -3.08. The summed E-state index contributed by atoms with van der Waals surface area (Å²) in [5, 5.41) is 11.6. The highest BCUT2D eigenvalue weighted by molar-refractivity contribution is 6.99. The zero-order valence-corrected chi connectivity index (χ0v) is 27.9. The summed E-state index contributed by atoms with van der Waals surface area (Å²) in [5.41, 5.74) is 0.420. The Morgan fingerprint density at radius 1 is 0.957 bits per heavy atom. The molecule has 1 aromatic heterocycles. The molecule has 1 unspecified atom stereocenters. The quantitative estimate of drug-likeness (QED) is 0.214. The number of hydrogen-bond acceptors (Lipinski definition) is 7. The van der Waals surface area contributed by atoms with E-state index in [2.05, 4.69) is 50.0 Å². The van der Waals surface area contributed by atoms with Crippen LogP contribution in [0, 0.1) is 6.92 Å². The highest BCUT2D eigenvalue weighted by atomic mass is 28.4. The minimum Gasteiger partial charge on any atom is -0.399 e. The van der Waals surface area contributed by atoms with Crippen molar-refractivity contribution in [2.24, 2.45) is 0 Å². The Bertz CT molecular complexity index is 1620. The van der Waals surface area contributed by atoms with E-state index < -0.39 is 44.1 Å². The molecule has 5 rings (SSSR count). The molecule has 1 aliphatic heterocycles. The largest absolute Gasteiger partial charge is 0.399 e. The number of hydrogen-bond donors (Lipinski definition) is 2. The molecule has 244 valence electrons. The fraction of sp³-hybridized carbons (Fsp3) is 0.389. The normalized spacial score (nSPS) is 19.3. The number of benzene rings is 3. The van der Waals surface area contributed by atoms with Crippen molar-refractivity contribution < 1.29 is 23.7 Å². The molecule has 3 aromatic carbocycles. The monoisotopic (exact) mass is 644 g/mol. The van der Waals surface area contributed by atoms with Crippen LogP contribution in [-0.4, -0.2) is 61.1 Å². The molecule has 1 saturated heterocycles. The zero-order valence-electron chi connectivity index (χ0n) is 26.9. The Labute approximate surface area is 270 Å². The predicted molar refractivity (Wildman–Crippen MR) is 180 cm³/mol. The minimum absolute atomic E-state index is 0.0909. The number of aliphatic hydroxyl groups excluding tert-OH is 1. The molecule has 2 heterocycles. The van der Waals surface area contributed by atoms with E-state index in [9.17, 15) is 14.7 Å². The SMILES string of the molecule is Cc1cn([C@H]2C[C@H](OCCO)[C@@H](C(COCc3ccccc3)O[Si](c3ccccc3)(c3ccccc3)C(C)(C)C)O2)c(=O)[nH]c1=O. The lowest BCUT2D eigenvalue weighted by atomic mass is 10.1. The van der Waals surface area contributed by atoms with Gasteiger partial charge in [-0.2, -0.15) is 0 Å². The van der Waals surface area contributed by atoms with Crippen molar-refractivity contribution >= 4 is 18.7 Å². The van der Waals surface area contributed by atoms with E-state index in [1.165, 1.54) is 10.8 Å². The number of aromatic amines is 1. The van der Waals surface area contributed by atoms with Gasteiger partial charge in [0, 0.05) is 18.2 Å². The highest BCUT2D eigenvalue weighted by Gasteiger charge is 2.54. The zero-order chi connectivity index (χ0) is 32.7. The predicted octanol–water partition coefficient (Wildman–Crippen LogP) is 3.67. The molecule has 4 atom stereocenters. The van der Waals surface area contributed by atoms with Crippen molar-refractivity contribution in [3.8, 4) is 0 Å². The average molecular weight is 645 g/mol. The van der Waals surface area contributed by atoms with Gasteiger partial charge in [0.25, 0.3) is 13.9 Å². The Morgan fingerprint density at radius 3 is 2.11 bits per heavy atom. The summed E-state index contributed by atoms with van der Waals surface area (Å²) in [5.74, 6) is 0. The topological polar surface area (TPSA) is 112 Å². The molecule has 1 fully saturated rings. The number of nitrogens with one attached hydrogen (secondary N) is 1. The molecule has 0 radical (unpaired) electrons. The first kappa shape index (κ1) is 33.7. The molecule has 46 heavy (non-hydrogen) atoms. The Kier molecular flexibility index (Phi) is 10.9. The van der Waals surface area contributed by atoms with Gasteiger partial charge in [-0.3, -0.25) is 14.3 Å². The molecule has 10 heteroatoms. The van der Waals surface area contributed by atoms with Crippen LogP contribution in [0.1, 0.15) is 44.5 Å². The lowest BCUT2D eigenvalue weighted by molar-refractivity contribution is -0.114. The minimum atomic E-state index is -3.08. The van der Waals surface area contributed by atoms with Crippen LogP contribution in [0.15, 0.2) is 107 Å². The first-order valence-electron chi connectivity index (χ1n) is 15.7. The Morgan fingerprint density at radius 2 is 1.54 bits per heavy atom. The number of nitrogens with zero attached hydrogens (tertiary/aromatic N) is 1. The van der Waals surface area contributed by atoms with Gasteiger partial charge < -0.3 is 23.7 Å². The molecule has 2 N–H and O–H groups in total. The van der Waals surface area contributed by atoms with Gasteiger partial charge in [0.05, 0.1) is 38.6 Å². The molecular formula is C36H44N2O7Si. The molecule has 0 spiro atoms. The van der Waals surface area contributed by atoms with Gasteiger partial charge in [-0.05, 0) is 27.9 Å². The molecule has 4 aromatic rings. The Hall–Kier alpha value is -3.64. The molecular weight excluding hydrogens is 600 g/mol. The summed E-state index contributed by atoms with van der Waals surface area (Å²) in [4.78, 5) is 27.5. The van der Waals surface area contributed by atoms with Crippen LogP contribution in [-0.2, 0) is 25.2 Å². The molecule has 0 saturated carbocycles. The lowest BCUT2D eigenvalue weighted by Crippen LogP contribution is -2.69.